The lowest BCUT2D eigenvalue weighted by molar-refractivity contribution is -0.139. The molecule has 0 aromatic carbocycles. The molecule has 2 saturated heterocycles. The first-order valence-electron chi connectivity index (χ1n) is 9.53. The first-order chi connectivity index (χ1) is 12.5. The van der Waals surface area contributed by atoms with Crippen LogP contribution < -0.4 is 4.90 Å². The predicted octanol–water partition coefficient (Wildman–Crippen LogP) is 1.70. The summed E-state index contributed by atoms with van der Waals surface area (Å²) in [5, 5.41) is 0. The van der Waals surface area contributed by atoms with Crippen LogP contribution in [0.2, 0.25) is 0 Å². The van der Waals surface area contributed by atoms with Gasteiger partial charge >= 0.3 is 0 Å². The number of nitrogens with zero attached hydrogens (tertiary/aromatic N) is 5. The molecule has 3 rings (SSSR count). The second-order valence-corrected chi connectivity index (χ2v) is 7.57. The van der Waals surface area contributed by atoms with Gasteiger partial charge in [-0.15, -0.1) is 0 Å². The fourth-order valence-corrected chi connectivity index (χ4v) is 4.28. The van der Waals surface area contributed by atoms with Crippen molar-refractivity contribution < 1.29 is 9.59 Å². The van der Waals surface area contributed by atoms with E-state index in [9.17, 15) is 9.59 Å². The van der Waals surface area contributed by atoms with Gasteiger partial charge in [-0.05, 0) is 32.1 Å². The van der Waals surface area contributed by atoms with Crippen LogP contribution in [0.3, 0.4) is 0 Å². The maximum Gasteiger partial charge on any atom is 0.223 e. The molecule has 0 unspecified atom stereocenters. The van der Waals surface area contributed by atoms with Gasteiger partial charge < -0.3 is 14.7 Å². The molecule has 2 aliphatic rings. The number of carbonyl (C=O) groups excluding carboxylic acids is 2. The zero-order chi connectivity index (χ0) is 18.6. The average Bonchev–Trinajstić information content (AvgIpc) is 2.94. The first-order valence-corrected chi connectivity index (χ1v) is 9.53. The Hall–Kier alpha value is -2.18. The van der Waals surface area contributed by atoms with Crippen molar-refractivity contribution in [3.05, 3.63) is 18.6 Å². The minimum absolute atomic E-state index is 0.0151. The number of hydrogen-bond acceptors (Lipinski definition) is 5. The maximum absolute atomic E-state index is 12.8. The Morgan fingerprint density at radius 3 is 2.54 bits per heavy atom. The summed E-state index contributed by atoms with van der Waals surface area (Å²) in [5.41, 5.74) is -0.0464. The summed E-state index contributed by atoms with van der Waals surface area (Å²) in [5.74, 6) is 1.06. The van der Waals surface area contributed by atoms with E-state index in [1.54, 1.807) is 31.4 Å². The van der Waals surface area contributed by atoms with E-state index >= 15 is 0 Å². The average molecular weight is 359 g/mol. The molecular formula is C19H29N5O2. The lowest BCUT2D eigenvalue weighted by Crippen LogP contribution is -2.48. The van der Waals surface area contributed by atoms with Crippen molar-refractivity contribution in [1.82, 2.24) is 19.8 Å². The van der Waals surface area contributed by atoms with Crippen LogP contribution in [0.25, 0.3) is 0 Å². The van der Waals surface area contributed by atoms with Crippen LogP contribution in [0.5, 0.6) is 0 Å². The van der Waals surface area contributed by atoms with E-state index in [1.165, 1.54) is 0 Å². The summed E-state index contributed by atoms with van der Waals surface area (Å²) >= 11 is 0. The second-order valence-electron chi connectivity index (χ2n) is 7.57. The number of amides is 2. The Morgan fingerprint density at radius 1 is 1.08 bits per heavy atom. The Labute approximate surface area is 155 Å². The highest BCUT2D eigenvalue weighted by Gasteiger charge is 2.44. The molecule has 1 aromatic heterocycles. The Bertz CT molecular complexity index is 636. The van der Waals surface area contributed by atoms with Gasteiger partial charge in [0.05, 0.1) is 6.20 Å². The smallest absolute Gasteiger partial charge is 0.223 e. The molecule has 3 heterocycles. The van der Waals surface area contributed by atoms with Crippen LogP contribution in [0.4, 0.5) is 5.82 Å². The van der Waals surface area contributed by atoms with Crippen molar-refractivity contribution >= 4 is 17.6 Å². The van der Waals surface area contributed by atoms with E-state index in [1.807, 2.05) is 6.20 Å². The molecule has 7 nitrogen and oxygen atoms in total. The summed E-state index contributed by atoms with van der Waals surface area (Å²) in [7, 11) is 3.47. The van der Waals surface area contributed by atoms with Crippen LogP contribution in [-0.2, 0) is 9.59 Å². The normalized spacial score (nSPS) is 23.2. The van der Waals surface area contributed by atoms with Crippen LogP contribution in [-0.4, -0.2) is 70.9 Å². The lowest BCUT2D eigenvalue weighted by atomic mass is 9.87. The molecule has 2 fully saturated rings. The third-order valence-corrected chi connectivity index (χ3v) is 5.74. The molecule has 7 heteroatoms. The summed E-state index contributed by atoms with van der Waals surface area (Å²) < 4.78 is 0. The van der Waals surface area contributed by atoms with E-state index in [2.05, 4.69) is 19.8 Å². The molecule has 0 bridgehead atoms. The second kappa shape index (κ2) is 8.01. The van der Waals surface area contributed by atoms with Gasteiger partial charge in [-0.2, -0.15) is 0 Å². The van der Waals surface area contributed by atoms with E-state index in [-0.39, 0.29) is 17.4 Å². The van der Waals surface area contributed by atoms with Gasteiger partial charge in [-0.25, -0.2) is 4.98 Å². The van der Waals surface area contributed by atoms with Crippen molar-refractivity contribution in [2.24, 2.45) is 0 Å². The summed E-state index contributed by atoms with van der Waals surface area (Å²) in [4.78, 5) is 39.2. The third kappa shape index (κ3) is 3.97. The number of hydrogen-bond donors (Lipinski definition) is 0. The predicted molar refractivity (Wildman–Crippen MR) is 99.7 cm³/mol. The van der Waals surface area contributed by atoms with Gasteiger partial charge in [0.15, 0.2) is 0 Å². The molecule has 0 N–H and O–H groups in total. The van der Waals surface area contributed by atoms with Crippen LogP contribution in [0.1, 0.15) is 44.9 Å². The van der Waals surface area contributed by atoms with Gasteiger partial charge in [-0.1, -0.05) is 0 Å². The fraction of sp³-hybridized carbons (Fsp3) is 0.684. The van der Waals surface area contributed by atoms with Gasteiger partial charge in [0.25, 0.3) is 0 Å². The van der Waals surface area contributed by atoms with E-state index in [0.29, 0.717) is 12.8 Å². The van der Waals surface area contributed by atoms with Crippen molar-refractivity contribution in [2.45, 2.75) is 50.5 Å². The molecule has 26 heavy (non-hydrogen) atoms. The molecule has 2 aliphatic heterocycles. The monoisotopic (exact) mass is 359 g/mol. The molecule has 2 amide bonds. The van der Waals surface area contributed by atoms with Crippen LogP contribution >= 0.6 is 0 Å². The minimum atomic E-state index is -0.0464. The number of aromatic nitrogens is 2. The SMILES string of the molecule is CN(C)C(=O)CCC(=O)N1CCC[C@]12CCCN(c1cnccn1)CC2. The number of anilines is 1. The van der Waals surface area contributed by atoms with Crippen molar-refractivity contribution in [3.8, 4) is 0 Å². The molecule has 0 radical (unpaired) electrons. The Kier molecular flexibility index (Phi) is 5.74. The highest BCUT2D eigenvalue weighted by molar-refractivity contribution is 5.84. The zero-order valence-corrected chi connectivity index (χ0v) is 15.9. The fourth-order valence-electron chi connectivity index (χ4n) is 4.28. The third-order valence-electron chi connectivity index (χ3n) is 5.74. The topological polar surface area (TPSA) is 69.6 Å². The molecule has 0 saturated carbocycles. The summed E-state index contributed by atoms with van der Waals surface area (Å²) in [6.07, 6.45) is 11.0. The Morgan fingerprint density at radius 2 is 1.85 bits per heavy atom. The largest absolute Gasteiger partial charge is 0.355 e. The summed E-state index contributed by atoms with van der Waals surface area (Å²) in [6, 6.07) is 0. The van der Waals surface area contributed by atoms with Gasteiger partial charge in [0.2, 0.25) is 11.8 Å². The highest BCUT2D eigenvalue weighted by atomic mass is 16.2. The van der Waals surface area contributed by atoms with E-state index in [0.717, 1.165) is 57.6 Å². The van der Waals surface area contributed by atoms with Crippen molar-refractivity contribution in [2.75, 3.05) is 38.6 Å². The summed E-state index contributed by atoms with van der Waals surface area (Å²) in [6.45, 7) is 2.65. The van der Waals surface area contributed by atoms with Crippen LogP contribution in [0.15, 0.2) is 18.6 Å². The molecule has 0 aliphatic carbocycles. The van der Waals surface area contributed by atoms with E-state index in [4.69, 9.17) is 0 Å². The Balaban J connectivity index is 1.64. The van der Waals surface area contributed by atoms with Crippen molar-refractivity contribution in [1.29, 1.82) is 0 Å². The van der Waals surface area contributed by atoms with Crippen LogP contribution in [0, 0.1) is 0 Å². The molecule has 1 atom stereocenters. The zero-order valence-electron chi connectivity index (χ0n) is 15.9. The highest BCUT2D eigenvalue weighted by Crippen LogP contribution is 2.39. The molecule has 1 aromatic rings. The quantitative estimate of drug-likeness (QED) is 0.818. The van der Waals surface area contributed by atoms with Gasteiger partial charge in [0.1, 0.15) is 5.82 Å². The maximum atomic E-state index is 12.8. The lowest BCUT2D eigenvalue weighted by Gasteiger charge is -2.38. The van der Waals surface area contributed by atoms with Gasteiger partial charge in [-0.3, -0.25) is 14.6 Å². The number of carbonyl (C=O) groups is 2. The number of likely N-dealkylation sites (tertiary alicyclic amines) is 1. The standard InChI is InChI=1S/C19H29N5O2/c1-22(2)17(25)5-6-18(26)24-13-4-8-19(24)7-3-12-23(14-9-19)16-15-20-10-11-21-16/h10-11,15H,3-9,12-14H2,1-2H3/t19-/m0/s1. The van der Waals surface area contributed by atoms with Gasteiger partial charge in [0, 0.05) is 64.5 Å². The van der Waals surface area contributed by atoms with Crippen molar-refractivity contribution in [3.63, 3.8) is 0 Å². The number of rotatable bonds is 4. The molecule has 1 spiro atoms. The molecular weight excluding hydrogens is 330 g/mol. The molecule has 142 valence electrons. The van der Waals surface area contributed by atoms with E-state index < -0.39 is 0 Å². The first kappa shape index (κ1) is 18.6. The minimum Gasteiger partial charge on any atom is -0.355 e.